The summed E-state index contributed by atoms with van der Waals surface area (Å²) >= 11 is 0. The van der Waals surface area contributed by atoms with Gasteiger partial charge in [-0.05, 0) is 17.9 Å². The summed E-state index contributed by atoms with van der Waals surface area (Å²) in [6.07, 6.45) is 0. The number of hydrogen-bond acceptors (Lipinski definition) is 4. The van der Waals surface area contributed by atoms with E-state index in [0.717, 1.165) is 4.40 Å². The minimum absolute atomic E-state index is 0.176. The molecule has 0 unspecified atom stereocenters. The molecule has 2 aromatic heterocycles. The first-order valence-corrected chi connectivity index (χ1v) is 4.38. The Kier molecular flexibility index (Phi) is 2.08. The number of hydrogen-bond donors (Lipinski definition) is 1. The van der Waals surface area contributed by atoms with Crippen LogP contribution in [0.1, 0.15) is 16.2 Å². The maximum atomic E-state index is 10.9. The molecule has 0 spiro atoms. The van der Waals surface area contributed by atoms with E-state index in [0.29, 0.717) is 0 Å². The summed E-state index contributed by atoms with van der Waals surface area (Å²) in [5, 5.41) is 19.8. The Morgan fingerprint density at radius 3 is 2.81 bits per heavy atom. The lowest BCUT2D eigenvalue weighted by Crippen LogP contribution is -2.07. The fraction of sp³-hybridized carbons (Fsp3) is 0.111. The maximum Gasteiger partial charge on any atom is 0.376 e. The van der Waals surface area contributed by atoms with Crippen LogP contribution in [0.15, 0.2) is 18.2 Å². The van der Waals surface area contributed by atoms with Crippen LogP contribution in [-0.2, 0) is 0 Å². The predicted molar refractivity (Wildman–Crippen MR) is 53.5 cm³/mol. The molecule has 0 aliphatic carbocycles. The van der Waals surface area contributed by atoms with Gasteiger partial charge in [-0.1, -0.05) is 6.07 Å². The van der Waals surface area contributed by atoms with Crippen LogP contribution in [0.5, 0.6) is 0 Å². The molecular formula is C9H7N3O4. The lowest BCUT2D eigenvalue weighted by Gasteiger charge is -1.97. The van der Waals surface area contributed by atoms with Crippen LogP contribution in [0, 0.1) is 17.0 Å². The van der Waals surface area contributed by atoms with Crippen molar-refractivity contribution in [2.75, 3.05) is 0 Å². The molecule has 0 radical (unpaired) electrons. The van der Waals surface area contributed by atoms with Crippen molar-refractivity contribution < 1.29 is 14.8 Å². The topological polar surface area (TPSA) is 97.7 Å². The van der Waals surface area contributed by atoms with Crippen molar-refractivity contribution in [1.29, 1.82) is 0 Å². The zero-order valence-electron chi connectivity index (χ0n) is 8.25. The summed E-state index contributed by atoms with van der Waals surface area (Å²) < 4.78 is 1.03. The summed E-state index contributed by atoms with van der Waals surface area (Å²) in [7, 11) is 0. The maximum absolute atomic E-state index is 10.9. The Labute approximate surface area is 89.1 Å². The van der Waals surface area contributed by atoms with Crippen LogP contribution in [0.3, 0.4) is 0 Å². The summed E-state index contributed by atoms with van der Waals surface area (Å²) in [6, 6.07) is 4.31. The first-order chi connectivity index (χ1) is 7.52. The van der Waals surface area contributed by atoms with Gasteiger partial charge in [0, 0.05) is 6.07 Å². The summed E-state index contributed by atoms with van der Waals surface area (Å²) in [5.74, 6) is -1.54. The lowest BCUT2D eigenvalue weighted by atomic mass is 10.3. The third kappa shape index (κ3) is 1.29. The number of imidazole rings is 1. The quantitative estimate of drug-likeness (QED) is 0.607. The first-order valence-electron chi connectivity index (χ1n) is 4.38. The predicted octanol–water partition coefficient (Wildman–Crippen LogP) is 1.25. The van der Waals surface area contributed by atoms with Crippen molar-refractivity contribution in [2.24, 2.45) is 0 Å². The number of aryl methyl sites for hydroxylation is 1. The Bertz CT molecular complexity index is 602. The zero-order valence-corrected chi connectivity index (χ0v) is 8.25. The van der Waals surface area contributed by atoms with Crippen LogP contribution in [-0.4, -0.2) is 25.4 Å². The number of nitro groups is 1. The number of aromatic nitrogens is 2. The fourth-order valence-corrected chi connectivity index (χ4v) is 1.57. The first kappa shape index (κ1) is 10.1. The molecular weight excluding hydrogens is 214 g/mol. The average Bonchev–Trinajstić information content (AvgIpc) is 2.52. The zero-order chi connectivity index (χ0) is 11.9. The summed E-state index contributed by atoms with van der Waals surface area (Å²) in [6.45, 7) is 1.47. The molecule has 82 valence electrons. The van der Waals surface area contributed by atoms with E-state index < -0.39 is 10.9 Å². The molecule has 1 N–H and O–H groups in total. The van der Waals surface area contributed by atoms with Crippen LogP contribution in [0.25, 0.3) is 5.65 Å². The van der Waals surface area contributed by atoms with E-state index in [1.165, 1.54) is 25.1 Å². The van der Waals surface area contributed by atoms with Gasteiger partial charge in [0.1, 0.15) is 5.69 Å². The second-order valence-corrected chi connectivity index (χ2v) is 3.19. The molecule has 2 heterocycles. The number of carbonyl (C=O) groups is 1. The van der Waals surface area contributed by atoms with E-state index in [2.05, 4.69) is 4.98 Å². The Hall–Kier alpha value is -2.44. The van der Waals surface area contributed by atoms with E-state index in [-0.39, 0.29) is 22.9 Å². The highest BCUT2D eigenvalue weighted by Gasteiger charge is 2.24. The van der Waals surface area contributed by atoms with Crippen LogP contribution in [0.2, 0.25) is 0 Å². The van der Waals surface area contributed by atoms with Crippen molar-refractivity contribution in [3.05, 3.63) is 39.7 Å². The van der Waals surface area contributed by atoms with Crippen molar-refractivity contribution in [3.8, 4) is 0 Å². The van der Waals surface area contributed by atoms with Crippen molar-refractivity contribution in [2.45, 2.75) is 6.92 Å². The molecule has 0 saturated heterocycles. The van der Waals surface area contributed by atoms with Gasteiger partial charge in [0.2, 0.25) is 11.3 Å². The largest absolute Gasteiger partial charge is 0.475 e. The third-order valence-electron chi connectivity index (χ3n) is 2.18. The van der Waals surface area contributed by atoms with Gasteiger partial charge in [-0.15, -0.1) is 0 Å². The van der Waals surface area contributed by atoms with Gasteiger partial charge in [-0.2, -0.15) is 4.40 Å². The van der Waals surface area contributed by atoms with E-state index in [9.17, 15) is 14.9 Å². The molecule has 16 heavy (non-hydrogen) atoms. The molecule has 0 aliphatic rings. The molecule has 2 aromatic rings. The van der Waals surface area contributed by atoms with Crippen molar-refractivity contribution >= 4 is 17.4 Å². The molecule has 0 fully saturated rings. The highest BCUT2D eigenvalue weighted by molar-refractivity contribution is 5.87. The number of fused-ring (bicyclic) bond motifs is 1. The molecule has 0 bridgehead atoms. The molecule has 7 nitrogen and oxygen atoms in total. The fourth-order valence-electron chi connectivity index (χ4n) is 1.57. The van der Waals surface area contributed by atoms with Crippen molar-refractivity contribution in [3.63, 3.8) is 0 Å². The van der Waals surface area contributed by atoms with Crippen LogP contribution < -0.4 is 0 Å². The van der Waals surface area contributed by atoms with Gasteiger partial charge in [0.15, 0.2) is 0 Å². The van der Waals surface area contributed by atoms with Gasteiger partial charge < -0.3 is 15.2 Å². The molecule has 0 aliphatic heterocycles. The van der Waals surface area contributed by atoms with Gasteiger partial charge in [0.05, 0.1) is 0 Å². The molecule has 0 amide bonds. The van der Waals surface area contributed by atoms with Crippen LogP contribution >= 0.6 is 0 Å². The standard InChI is InChI=1S/C9H7N3O4/c1-5-8(12(15)16)11-6(9(13)14)3-2-4-7(11)10-5/h2-4H,1H3,(H,13,14). The minimum atomic E-state index is -1.23. The number of carboxylic acids is 1. The molecule has 7 heteroatoms. The van der Waals surface area contributed by atoms with Crippen molar-refractivity contribution in [1.82, 2.24) is 9.38 Å². The molecule has 0 saturated carbocycles. The highest BCUT2D eigenvalue weighted by atomic mass is 16.6. The number of pyridine rings is 1. The van der Waals surface area contributed by atoms with E-state index in [1.807, 2.05) is 0 Å². The van der Waals surface area contributed by atoms with E-state index in [1.54, 1.807) is 0 Å². The van der Waals surface area contributed by atoms with Gasteiger partial charge in [-0.3, -0.25) is 0 Å². The lowest BCUT2D eigenvalue weighted by molar-refractivity contribution is -0.391. The monoisotopic (exact) mass is 221 g/mol. The van der Waals surface area contributed by atoms with Gasteiger partial charge >= 0.3 is 11.8 Å². The highest BCUT2D eigenvalue weighted by Crippen LogP contribution is 2.21. The second-order valence-electron chi connectivity index (χ2n) is 3.19. The average molecular weight is 221 g/mol. The summed E-state index contributed by atoms with van der Waals surface area (Å²) in [5.41, 5.74) is 0.271. The number of carboxylic acid groups (broad SMARTS) is 1. The second kappa shape index (κ2) is 3.30. The molecule has 2 rings (SSSR count). The van der Waals surface area contributed by atoms with Gasteiger partial charge in [-0.25, -0.2) is 9.78 Å². The normalized spacial score (nSPS) is 10.6. The Balaban J connectivity index is 2.94. The smallest absolute Gasteiger partial charge is 0.376 e. The number of rotatable bonds is 2. The van der Waals surface area contributed by atoms with Crippen LogP contribution in [0.4, 0.5) is 5.82 Å². The molecule has 0 atom stereocenters. The molecule has 0 aromatic carbocycles. The van der Waals surface area contributed by atoms with E-state index in [4.69, 9.17) is 5.11 Å². The minimum Gasteiger partial charge on any atom is -0.475 e. The van der Waals surface area contributed by atoms with E-state index >= 15 is 0 Å². The number of nitrogens with zero attached hydrogens (tertiary/aromatic N) is 3. The summed E-state index contributed by atoms with van der Waals surface area (Å²) in [4.78, 5) is 25.0. The third-order valence-corrected chi connectivity index (χ3v) is 2.18. The Morgan fingerprint density at radius 2 is 2.25 bits per heavy atom. The number of aromatic carboxylic acids is 1. The Morgan fingerprint density at radius 1 is 1.56 bits per heavy atom. The SMILES string of the molecule is Cc1nc2cccc(C(=O)O)n2c1[N+](=O)[O-]. The van der Waals surface area contributed by atoms with Gasteiger partial charge in [0.25, 0.3) is 0 Å².